The average Bonchev–Trinajstić information content (AvgIpc) is 2.78. The number of likely N-dealkylation sites (tertiary alicyclic amines) is 1. The first-order chi connectivity index (χ1) is 17.1. The molecule has 196 valence electrons. The Morgan fingerprint density at radius 3 is 2.61 bits per heavy atom. The molecule has 2 N–H and O–H groups in total. The van der Waals surface area contributed by atoms with Gasteiger partial charge in [0, 0.05) is 50.2 Å². The van der Waals surface area contributed by atoms with Gasteiger partial charge < -0.3 is 24.8 Å². The molecule has 1 aliphatic carbocycles. The minimum absolute atomic E-state index is 0.000348. The van der Waals surface area contributed by atoms with Crippen LogP contribution in [0.4, 0.5) is 15.0 Å². The number of alkyl halides is 1. The number of nitrogens with zero attached hydrogens (tertiary/aromatic N) is 4. The van der Waals surface area contributed by atoms with Crippen molar-refractivity contribution < 1.29 is 23.4 Å². The number of rotatable bonds is 7. The lowest BCUT2D eigenvalue weighted by atomic mass is 9.91. The number of hydrogen-bond donors (Lipinski definition) is 1. The van der Waals surface area contributed by atoms with Crippen LogP contribution < -0.4 is 10.5 Å². The molecule has 2 fully saturated rings. The van der Waals surface area contributed by atoms with Crippen molar-refractivity contribution in [3.63, 3.8) is 0 Å². The number of aromatic nitrogens is 3. The van der Waals surface area contributed by atoms with E-state index in [1.165, 1.54) is 6.07 Å². The third kappa shape index (κ3) is 7.16. The Balaban J connectivity index is 1.19. The Bertz CT molecular complexity index is 1050. The highest BCUT2D eigenvalue weighted by atomic mass is 35.5. The second-order valence-corrected chi connectivity index (χ2v) is 10.7. The number of anilines is 1. The molecule has 2 aliphatic rings. The summed E-state index contributed by atoms with van der Waals surface area (Å²) in [7, 11) is 0. The summed E-state index contributed by atoms with van der Waals surface area (Å²) in [5, 5.41) is 7.39. The molecule has 1 aliphatic heterocycles. The molecule has 1 amide bonds. The molecular weight excluding hydrogens is 489 g/mol. The van der Waals surface area contributed by atoms with Gasteiger partial charge in [-0.25, -0.2) is 14.2 Å². The van der Waals surface area contributed by atoms with E-state index in [2.05, 4.69) is 15.2 Å². The maximum atomic E-state index is 14.8. The molecule has 36 heavy (non-hydrogen) atoms. The van der Waals surface area contributed by atoms with Crippen molar-refractivity contribution >= 4 is 23.5 Å². The lowest BCUT2D eigenvalue weighted by Gasteiger charge is -2.39. The third-order valence-electron chi connectivity index (χ3n) is 6.19. The summed E-state index contributed by atoms with van der Waals surface area (Å²) < 4.78 is 32.5. The molecule has 1 unspecified atom stereocenters. The smallest absolute Gasteiger partial charge is 0.410 e. The normalized spacial score (nSPS) is 21.5. The number of hydrogen-bond acceptors (Lipinski definition) is 8. The summed E-state index contributed by atoms with van der Waals surface area (Å²) in [6, 6.07) is 4.87. The Hall–Kier alpha value is -2.72. The van der Waals surface area contributed by atoms with Crippen LogP contribution in [0.15, 0.2) is 24.4 Å². The van der Waals surface area contributed by atoms with Gasteiger partial charge in [0.2, 0.25) is 5.88 Å². The maximum absolute atomic E-state index is 14.8. The first kappa shape index (κ1) is 26.3. The van der Waals surface area contributed by atoms with Crippen LogP contribution in [0.1, 0.15) is 63.8 Å². The fourth-order valence-corrected chi connectivity index (χ4v) is 4.42. The quantitative estimate of drug-likeness (QED) is 0.558. The van der Waals surface area contributed by atoms with Crippen LogP contribution in [0.2, 0.25) is 5.15 Å². The first-order valence-electron chi connectivity index (χ1n) is 12.2. The molecule has 0 aromatic carbocycles. The minimum atomic E-state index is -1.38. The van der Waals surface area contributed by atoms with E-state index in [0.29, 0.717) is 19.0 Å². The zero-order valence-corrected chi connectivity index (χ0v) is 21.6. The second kappa shape index (κ2) is 11.1. The van der Waals surface area contributed by atoms with Gasteiger partial charge in [-0.2, -0.15) is 0 Å². The van der Waals surface area contributed by atoms with Gasteiger partial charge in [0.15, 0.2) is 11.0 Å². The van der Waals surface area contributed by atoms with Crippen molar-refractivity contribution in [3.8, 4) is 5.88 Å². The number of ether oxygens (including phenoxy) is 3. The molecular formula is C25H33ClFN5O4. The second-order valence-electron chi connectivity index (χ2n) is 10.3. The molecule has 1 saturated carbocycles. The van der Waals surface area contributed by atoms with Crippen molar-refractivity contribution in [1.29, 1.82) is 0 Å². The largest absolute Gasteiger partial charge is 0.474 e. The highest BCUT2D eigenvalue weighted by molar-refractivity contribution is 6.29. The maximum Gasteiger partial charge on any atom is 0.410 e. The predicted octanol–water partition coefficient (Wildman–Crippen LogP) is 4.69. The van der Waals surface area contributed by atoms with E-state index in [9.17, 15) is 9.18 Å². The Morgan fingerprint density at radius 2 is 1.92 bits per heavy atom. The predicted molar refractivity (Wildman–Crippen MR) is 133 cm³/mol. The molecule has 0 spiro atoms. The number of piperidine rings is 1. The number of amides is 1. The monoisotopic (exact) mass is 521 g/mol. The first-order valence-corrected chi connectivity index (χ1v) is 12.6. The van der Waals surface area contributed by atoms with Gasteiger partial charge in [-0.15, -0.1) is 10.2 Å². The van der Waals surface area contributed by atoms with Gasteiger partial charge >= 0.3 is 6.09 Å². The molecule has 4 rings (SSSR count). The summed E-state index contributed by atoms with van der Waals surface area (Å²) in [6.07, 6.45) is 3.40. The van der Waals surface area contributed by atoms with Crippen LogP contribution in [-0.2, 0) is 15.9 Å². The molecule has 2 aromatic heterocycles. The standard InChI is InChI=1S/C25H33ClFN5O4/c1-25(2,3)36-24(33)32-8-5-16(6-9-32)34-17-12-18(13-17)35-22-11-15(4-7-29-22)10-20(27)19-14-21(26)30-31-23(19)28/h4,7,11,14,16-18,20H,5-6,8-10,12-13H2,1-3H3,(H2,28,31). The number of nitrogens with two attached hydrogens (primary N) is 1. The van der Waals surface area contributed by atoms with E-state index < -0.39 is 11.8 Å². The third-order valence-corrected chi connectivity index (χ3v) is 6.38. The number of nitrogen functional groups attached to an aromatic ring is 1. The van der Waals surface area contributed by atoms with Crippen LogP contribution in [-0.4, -0.2) is 63.2 Å². The molecule has 0 bridgehead atoms. The SMILES string of the molecule is CC(C)(C)OC(=O)N1CCC(OC2CC(Oc3cc(CC(F)c4cc(Cl)nnc4N)ccn3)C2)CC1. The van der Waals surface area contributed by atoms with Gasteiger partial charge in [-0.05, 0) is 51.3 Å². The number of carbonyl (C=O) groups excluding carboxylic acids is 1. The van der Waals surface area contributed by atoms with E-state index in [1.807, 2.05) is 20.8 Å². The zero-order valence-electron chi connectivity index (χ0n) is 20.8. The summed E-state index contributed by atoms with van der Waals surface area (Å²) in [6.45, 7) is 6.86. The summed E-state index contributed by atoms with van der Waals surface area (Å²) in [5.74, 6) is 0.473. The zero-order chi connectivity index (χ0) is 25.9. The number of halogens is 2. The lowest BCUT2D eigenvalue weighted by molar-refractivity contribution is -0.110. The fourth-order valence-electron chi connectivity index (χ4n) is 4.27. The topological polar surface area (TPSA) is 113 Å². The van der Waals surface area contributed by atoms with E-state index in [4.69, 9.17) is 31.5 Å². The van der Waals surface area contributed by atoms with Crippen LogP contribution in [0.3, 0.4) is 0 Å². The van der Waals surface area contributed by atoms with Crippen molar-refractivity contribution in [2.45, 2.75) is 83.0 Å². The summed E-state index contributed by atoms with van der Waals surface area (Å²) in [5.41, 5.74) is 6.19. The highest BCUT2D eigenvalue weighted by Gasteiger charge is 2.35. The summed E-state index contributed by atoms with van der Waals surface area (Å²) in [4.78, 5) is 18.2. The molecule has 1 atom stereocenters. The molecule has 11 heteroatoms. The Morgan fingerprint density at radius 1 is 1.19 bits per heavy atom. The van der Waals surface area contributed by atoms with Crippen LogP contribution >= 0.6 is 11.6 Å². The highest BCUT2D eigenvalue weighted by Crippen LogP contribution is 2.32. The van der Waals surface area contributed by atoms with Gasteiger partial charge in [0.1, 0.15) is 17.9 Å². The van der Waals surface area contributed by atoms with Gasteiger partial charge in [0.05, 0.1) is 12.2 Å². The average molecular weight is 522 g/mol. The van der Waals surface area contributed by atoms with E-state index in [0.717, 1.165) is 31.2 Å². The molecule has 0 radical (unpaired) electrons. The van der Waals surface area contributed by atoms with Crippen LogP contribution in [0, 0.1) is 0 Å². The van der Waals surface area contributed by atoms with E-state index in [1.54, 1.807) is 23.2 Å². The van der Waals surface area contributed by atoms with E-state index >= 15 is 0 Å². The van der Waals surface area contributed by atoms with Gasteiger partial charge in [-0.1, -0.05) is 11.6 Å². The fraction of sp³-hybridized carbons (Fsp3) is 0.600. The van der Waals surface area contributed by atoms with Gasteiger partial charge in [0.25, 0.3) is 0 Å². The van der Waals surface area contributed by atoms with E-state index in [-0.39, 0.29) is 47.4 Å². The van der Waals surface area contributed by atoms with Crippen molar-refractivity contribution in [2.24, 2.45) is 0 Å². The summed E-state index contributed by atoms with van der Waals surface area (Å²) >= 11 is 5.83. The van der Waals surface area contributed by atoms with Crippen molar-refractivity contribution in [3.05, 3.63) is 40.7 Å². The minimum Gasteiger partial charge on any atom is -0.474 e. The molecule has 9 nitrogen and oxygen atoms in total. The van der Waals surface area contributed by atoms with Crippen molar-refractivity contribution in [2.75, 3.05) is 18.8 Å². The van der Waals surface area contributed by atoms with Crippen LogP contribution in [0.5, 0.6) is 5.88 Å². The lowest BCUT2D eigenvalue weighted by Crippen LogP contribution is -2.46. The Labute approximate surface area is 215 Å². The van der Waals surface area contributed by atoms with Crippen LogP contribution in [0.25, 0.3) is 0 Å². The number of pyridine rings is 1. The molecule has 1 saturated heterocycles. The van der Waals surface area contributed by atoms with Crippen molar-refractivity contribution in [1.82, 2.24) is 20.1 Å². The molecule has 3 heterocycles. The number of carbonyl (C=O) groups is 1. The Kier molecular flexibility index (Phi) is 8.14. The van der Waals surface area contributed by atoms with Gasteiger partial charge in [-0.3, -0.25) is 0 Å². The molecule has 2 aromatic rings.